The predicted molar refractivity (Wildman–Crippen MR) is 71.4 cm³/mol. The molecule has 4 heteroatoms. The van der Waals surface area contributed by atoms with Gasteiger partial charge in [-0.15, -0.1) is 0 Å². The van der Waals surface area contributed by atoms with Gasteiger partial charge in [-0.25, -0.2) is 4.98 Å². The summed E-state index contributed by atoms with van der Waals surface area (Å²) >= 11 is 0. The van der Waals surface area contributed by atoms with Gasteiger partial charge in [0.25, 0.3) is 0 Å². The monoisotopic (exact) mass is 256 g/mol. The van der Waals surface area contributed by atoms with Gasteiger partial charge in [-0.3, -0.25) is 4.79 Å². The number of hydrogen-bond acceptors (Lipinski definition) is 3. The van der Waals surface area contributed by atoms with Crippen LogP contribution in [0, 0.1) is 5.92 Å². The summed E-state index contributed by atoms with van der Waals surface area (Å²) < 4.78 is 5.33. The second-order valence-electron chi connectivity index (χ2n) is 4.87. The number of nitrogens with one attached hydrogen (secondary N) is 1. The Kier molecular flexibility index (Phi) is 3.07. The van der Waals surface area contributed by atoms with E-state index in [0.29, 0.717) is 0 Å². The lowest BCUT2D eigenvalue weighted by atomic mass is 9.80. The van der Waals surface area contributed by atoms with Gasteiger partial charge in [-0.1, -0.05) is 12.1 Å². The smallest absolute Gasteiger partial charge is 0.166 e. The van der Waals surface area contributed by atoms with Gasteiger partial charge in [-0.05, 0) is 25.3 Å². The Bertz CT molecular complexity index is 590. The largest absolute Gasteiger partial charge is 0.496 e. The minimum atomic E-state index is 0.0417. The molecule has 1 aliphatic carbocycles. The minimum Gasteiger partial charge on any atom is -0.496 e. The van der Waals surface area contributed by atoms with E-state index in [9.17, 15) is 4.79 Å². The van der Waals surface area contributed by atoms with Crippen molar-refractivity contribution in [3.63, 3.8) is 0 Å². The third kappa shape index (κ3) is 2.14. The molecule has 1 N–H and O–H groups in total. The Morgan fingerprint density at radius 2 is 2.37 bits per heavy atom. The summed E-state index contributed by atoms with van der Waals surface area (Å²) in [6.07, 6.45) is 5.93. The summed E-state index contributed by atoms with van der Waals surface area (Å²) in [5, 5.41) is 0. The van der Waals surface area contributed by atoms with Gasteiger partial charge in [0.15, 0.2) is 5.78 Å². The molecule has 1 aliphatic rings. The first-order valence-corrected chi connectivity index (χ1v) is 6.47. The first kappa shape index (κ1) is 12.0. The average molecular weight is 256 g/mol. The molecule has 19 heavy (non-hydrogen) atoms. The molecule has 1 aromatic heterocycles. The highest BCUT2D eigenvalue weighted by Crippen LogP contribution is 2.33. The normalized spacial score (nSPS) is 18.2. The molecule has 1 aromatic carbocycles. The zero-order chi connectivity index (χ0) is 13.2. The van der Waals surface area contributed by atoms with Crippen molar-refractivity contribution >= 4 is 5.78 Å². The molecule has 0 amide bonds. The number of carbonyl (C=O) groups is 1. The van der Waals surface area contributed by atoms with Crippen molar-refractivity contribution in [3.05, 3.63) is 47.5 Å². The molecular weight excluding hydrogens is 240 g/mol. The maximum absolute atomic E-state index is 12.5. The molecule has 0 saturated carbocycles. The van der Waals surface area contributed by atoms with Gasteiger partial charge >= 0.3 is 0 Å². The van der Waals surface area contributed by atoms with Crippen LogP contribution in [-0.4, -0.2) is 22.9 Å². The van der Waals surface area contributed by atoms with Gasteiger partial charge in [-0.2, -0.15) is 0 Å². The number of aromatic nitrogens is 2. The summed E-state index contributed by atoms with van der Waals surface area (Å²) in [7, 11) is 1.65. The van der Waals surface area contributed by atoms with E-state index in [4.69, 9.17) is 4.74 Å². The van der Waals surface area contributed by atoms with Crippen LogP contribution in [0.1, 0.15) is 28.0 Å². The number of benzene rings is 1. The molecule has 0 radical (unpaired) electrons. The number of rotatable bonds is 3. The first-order valence-electron chi connectivity index (χ1n) is 6.47. The molecule has 4 nitrogen and oxygen atoms in total. The number of methoxy groups -OCH3 is 1. The Morgan fingerprint density at radius 1 is 1.47 bits per heavy atom. The van der Waals surface area contributed by atoms with Gasteiger partial charge in [0, 0.05) is 28.9 Å². The third-order valence-corrected chi connectivity index (χ3v) is 3.75. The summed E-state index contributed by atoms with van der Waals surface area (Å²) in [6.45, 7) is 0. The van der Waals surface area contributed by atoms with E-state index in [2.05, 4.69) is 9.97 Å². The Morgan fingerprint density at radius 3 is 3.11 bits per heavy atom. The van der Waals surface area contributed by atoms with Crippen molar-refractivity contribution in [1.29, 1.82) is 0 Å². The highest BCUT2D eigenvalue weighted by molar-refractivity contribution is 6.00. The van der Waals surface area contributed by atoms with E-state index < -0.39 is 0 Å². The van der Waals surface area contributed by atoms with Crippen LogP contribution in [0.15, 0.2) is 30.7 Å². The first-order chi connectivity index (χ1) is 9.29. The molecule has 1 atom stereocenters. The van der Waals surface area contributed by atoms with E-state index >= 15 is 0 Å². The third-order valence-electron chi connectivity index (χ3n) is 3.75. The summed E-state index contributed by atoms with van der Waals surface area (Å²) in [4.78, 5) is 19.6. The van der Waals surface area contributed by atoms with Gasteiger partial charge < -0.3 is 9.72 Å². The van der Waals surface area contributed by atoms with Crippen molar-refractivity contribution < 1.29 is 9.53 Å². The second kappa shape index (κ2) is 4.88. The number of ether oxygens (including phenoxy) is 1. The van der Waals surface area contributed by atoms with Crippen LogP contribution in [0.3, 0.4) is 0 Å². The van der Waals surface area contributed by atoms with Gasteiger partial charge in [0.05, 0.1) is 13.4 Å². The van der Waals surface area contributed by atoms with Crippen LogP contribution in [0.4, 0.5) is 0 Å². The van der Waals surface area contributed by atoms with Crippen LogP contribution < -0.4 is 4.74 Å². The van der Waals surface area contributed by atoms with Crippen molar-refractivity contribution in [2.75, 3.05) is 7.11 Å². The zero-order valence-corrected chi connectivity index (χ0v) is 10.8. The fraction of sp³-hybridized carbons (Fsp3) is 0.333. The van der Waals surface area contributed by atoms with Crippen LogP contribution >= 0.6 is 0 Å². The number of ketones is 1. The van der Waals surface area contributed by atoms with E-state index in [1.165, 1.54) is 0 Å². The Hall–Kier alpha value is -2.10. The average Bonchev–Trinajstić information content (AvgIpc) is 2.94. The zero-order valence-electron chi connectivity index (χ0n) is 10.8. The molecule has 0 spiro atoms. The summed E-state index contributed by atoms with van der Waals surface area (Å²) in [6, 6.07) is 5.70. The molecule has 1 heterocycles. The van der Waals surface area contributed by atoms with Crippen molar-refractivity contribution in [2.24, 2.45) is 5.92 Å². The van der Waals surface area contributed by atoms with E-state index in [1.807, 2.05) is 18.2 Å². The topological polar surface area (TPSA) is 55.0 Å². The van der Waals surface area contributed by atoms with Gasteiger partial charge in [0.1, 0.15) is 5.75 Å². The quantitative estimate of drug-likeness (QED) is 0.917. The van der Waals surface area contributed by atoms with Crippen molar-refractivity contribution in [1.82, 2.24) is 9.97 Å². The van der Waals surface area contributed by atoms with Crippen LogP contribution in [-0.2, 0) is 12.8 Å². The van der Waals surface area contributed by atoms with Crippen LogP contribution in [0.25, 0.3) is 0 Å². The van der Waals surface area contributed by atoms with Gasteiger partial charge in [0.2, 0.25) is 0 Å². The highest BCUT2D eigenvalue weighted by atomic mass is 16.5. The number of aromatic amines is 1. The maximum Gasteiger partial charge on any atom is 0.166 e. The van der Waals surface area contributed by atoms with Crippen molar-refractivity contribution in [2.45, 2.75) is 19.3 Å². The predicted octanol–water partition coefficient (Wildman–Crippen LogP) is 2.41. The molecule has 3 rings (SSSR count). The fourth-order valence-corrected chi connectivity index (χ4v) is 2.77. The number of Topliss-reactive ketones (excluding diaryl/α,β-unsaturated/α-hetero) is 1. The summed E-state index contributed by atoms with van der Waals surface area (Å²) in [5.41, 5.74) is 2.88. The molecule has 0 saturated heterocycles. The lowest BCUT2D eigenvalue weighted by Gasteiger charge is -2.24. The van der Waals surface area contributed by atoms with E-state index in [1.54, 1.807) is 19.6 Å². The number of hydrogen-bond donors (Lipinski definition) is 1. The molecular formula is C15H16N2O2. The lowest BCUT2D eigenvalue weighted by molar-refractivity contribution is 0.0899. The van der Waals surface area contributed by atoms with Crippen LogP contribution in [0.5, 0.6) is 5.75 Å². The number of imidazole rings is 1. The highest BCUT2D eigenvalue weighted by Gasteiger charge is 2.29. The molecule has 1 unspecified atom stereocenters. The Balaban J connectivity index is 1.88. The molecule has 0 aliphatic heterocycles. The SMILES string of the molecule is COc1cccc2c1CCC(Cc1cnc[nH]1)C2=O. The van der Waals surface area contributed by atoms with Crippen LogP contribution in [0.2, 0.25) is 0 Å². The molecule has 0 fully saturated rings. The fourth-order valence-electron chi connectivity index (χ4n) is 2.77. The standard InChI is InChI=1S/C15H16N2O2/c1-19-14-4-2-3-13-12(14)6-5-10(15(13)18)7-11-8-16-9-17-11/h2-4,8-10H,5-7H2,1H3,(H,16,17). The molecule has 0 bridgehead atoms. The number of fused-ring (bicyclic) bond motifs is 1. The lowest BCUT2D eigenvalue weighted by Crippen LogP contribution is -2.25. The molecule has 2 aromatic rings. The van der Waals surface area contributed by atoms with Crippen molar-refractivity contribution in [3.8, 4) is 5.75 Å². The van der Waals surface area contributed by atoms with E-state index in [0.717, 1.165) is 41.8 Å². The number of carbonyl (C=O) groups excluding carboxylic acids is 1. The van der Waals surface area contributed by atoms with E-state index in [-0.39, 0.29) is 11.7 Å². The summed E-state index contributed by atoms with van der Waals surface area (Å²) in [5.74, 6) is 1.08. The second-order valence-corrected chi connectivity index (χ2v) is 4.87. The number of H-pyrrole nitrogens is 1. The Labute approximate surface area is 111 Å². The minimum absolute atomic E-state index is 0.0417. The molecule has 98 valence electrons. The number of nitrogens with zero attached hydrogens (tertiary/aromatic N) is 1. The maximum atomic E-state index is 12.5.